The highest BCUT2D eigenvalue weighted by molar-refractivity contribution is 6.02. The molecule has 8 nitrogen and oxygen atoms in total. The summed E-state index contributed by atoms with van der Waals surface area (Å²) in [7, 11) is 0. The molecule has 0 saturated carbocycles. The lowest BCUT2D eigenvalue weighted by Gasteiger charge is -2.15. The van der Waals surface area contributed by atoms with Gasteiger partial charge >= 0.3 is 23.9 Å². The van der Waals surface area contributed by atoms with Crippen LogP contribution in [0.1, 0.15) is 25.7 Å². The van der Waals surface area contributed by atoms with Gasteiger partial charge in [-0.2, -0.15) is 0 Å². The van der Waals surface area contributed by atoms with Crippen molar-refractivity contribution in [2.24, 2.45) is 0 Å². The third-order valence-electron chi connectivity index (χ3n) is 3.01. The Bertz CT molecular complexity index is 454. The van der Waals surface area contributed by atoms with Gasteiger partial charge in [0.05, 0.1) is 0 Å². The number of rotatable bonds is 4. The fraction of sp³-hybridized carbons (Fsp3) is 0.333. The van der Waals surface area contributed by atoms with Gasteiger partial charge < -0.3 is 20.4 Å². The lowest BCUT2D eigenvalue weighted by Crippen LogP contribution is -2.18. The van der Waals surface area contributed by atoms with Gasteiger partial charge in [-0.1, -0.05) is 0 Å². The molecule has 0 aromatic heterocycles. The molecule has 0 fully saturated rings. The summed E-state index contributed by atoms with van der Waals surface area (Å²) in [4.78, 5) is 44.1. The summed E-state index contributed by atoms with van der Waals surface area (Å²) >= 11 is 0. The highest BCUT2D eigenvalue weighted by Gasteiger charge is 2.28. The topological polar surface area (TPSA) is 149 Å². The van der Waals surface area contributed by atoms with Crippen molar-refractivity contribution in [2.75, 3.05) is 0 Å². The molecule has 0 aromatic rings. The third kappa shape index (κ3) is 3.22. The second-order valence-electron chi connectivity index (χ2n) is 4.13. The normalized spacial score (nSPS) is 16.4. The first kappa shape index (κ1) is 15.4. The Labute approximate surface area is 112 Å². The molecule has 0 amide bonds. The number of carboxylic acid groups (broad SMARTS) is 4. The molecule has 0 radical (unpaired) electrons. The summed E-state index contributed by atoms with van der Waals surface area (Å²) in [5.41, 5.74) is -1.55. The van der Waals surface area contributed by atoms with Crippen LogP contribution in [0.4, 0.5) is 0 Å². The van der Waals surface area contributed by atoms with Crippen molar-refractivity contribution in [2.45, 2.75) is 25.7 Å². The zero-order valence-corrected chi connectivity index (χ0v) is 10.3. The molecule has 20 heavy (non-hydrogen) atoms. The van der Waals surface area contributed by atoms with E-state index in [0.717, 1.165) is 0 Å². The molecule has 1 rings (SSSR count). The Morgan fingerprint density at radius 2 is 0.650 bits per heavy atom. The Morgan fingerprint density at radius 3 is 0.750 bits per heavy atom. The summed E-state index contributed by atoms with van der Waals surface area (Å²) in [6, 6.07) is 0. The SMILES string of the molecule is O=C(O)C1=C(C(=O)O)CCC(C(=O)O)=C(C(=O)O)CC1. The number of aliphatic carboxylic acids is 4. The van der Waals surface area contributed by atoms with Crippen LogP contribution in [0.15, 0.2) is 22.3 Å². The zero-order chi connectivity index (χ0) is 15.4. The number of hydrogen-bond donors (Lipinski definition) is 4. The standard InChI is InChI=1S/C12H12O8/c13-9(14)5-1-2-6(10(15)16)8(12(19)20)4-3-7(5)11(17)18/h1-4H2,(H,13,14)(H,15,16)(H,17,18)(H,19,20). The van der Waals surface area contributed by atoms with Gasteiger partial charge in [-0.05, 0) is 25.7 Å². The molecule has 0 spiro atoms. The maximum atomic E-state index is 11.0. The molecule has 1 aliphatic rings. The van der Waals surface area contributed by atoms with E-state index in [-0.39, 0.29) is 48.0 Å². The second-order valence-corrected chi connectivity index (χ2v) is 4.13. The van der Waals surface area contributed by atoms with E-state index in [0.29, 0.717) is 0 Å². The van der Waals surface area contributed by atoms with E-state index in [1.807, 2.05) is 0 Å². The fourth-order valence-electron chi connectivity index (χ4n) is 2.05. The molecule has 0 aromatic carbocycles. The van der Waals surface area contributed by atoms with E-state index >= 15 is 0 Å². The van der Waals surface area contributed by atoms with Gasteiger partial charge in [0.25, 0.3) is 0 Å². The van der Waals surface area contributed by atoms with Crippen LogP contribution in [0.25, 0.3) is 0 Å². The first-order valence-corrected chi connectivity index (χ1v) is 5.63. The minimum Gasteiger partial charge on any atom is -0.478 e. The van der Waals surface area contributed by atoms with Gasteiger partial charge in [-0.25, -0.2) is 19.2 Å². The van der Waals surface area contributed by atoms with Crippen LogP contribution in [-0.2, 0) is 19.2 Å². The Balaban J connectivity index is 3.27. The molecule has 108 valence electrons. The van der Waals surface area contributed by atoms with Crippen LogP contribution in [0, 0.1) is 0 Å². The summed E-state index contributed by atoms with van der Waals surface area (Å²) in [6.45, 7) is 0. The highest BCUT2D eigenvalue weighted by Crippen LogP contribution is 2.28. The van der Waals surface area contributed by atoms with Crippen molar-refractivity contribution in [1.29, 1.82) is 0 Å². The average molecular weight is 284 g/mol. The summed E-state index contributed by atoms with van der Waals surface area (Å²) in [5.74, 6) is -5.76. The van der Waals surface area contributed by atoms with E-state index in [1.165, 1.54) is 0 Å². The van der Waals surface area contributed by atoms with Crippen molar-refractivity contribution < 1.29 is 39.6 Å². The van der Waals surface area contributed by atoms with Crippen LogP contribution in [0.2, 0.25) is 0 Å². The minimum absolute atomic E-state index is 0.338. The summed E-state index contributed by atoms with van der Waals surface area (Å²) < 4.78 is 0. The van der Waals surface area contributed by atoms with E-state index in [9.17, 15) is 19.2 Å². The van der Waals surface area contributed by atoms with Gasteiger partial charge in [-0.3, -0.25) is 0 Å². The van der Waals surface area contributed by atoms with E-state index in [1.54, 1.807) is 0 Å². The molecule has 0 unspecified atom stereocenters. The van der Waals surface area contributed by atoms with Crippen LogP contribution in [0.5, 0.6) is 0 Å². The Morgan fingerprint density at radius 1 is 0.500 bits per heavy atom. The summed E-state index contributed by atoms with van der Waals surface area (Å²) in [5, 5.41) is 35.9. The molecule has 0 heterocycles. The molecule has 1 aliphatic carbocycles. The molecular formula is C12H12O8. The van der Waals surface area contributed by atoms with E-state index < -0.39 is 23.9 Å². The molecule has 0 saturated heterocycles. The molecule has 0 aliphatic heterocycles. The fourth-order valence-corrected chi connectivity index (χ4v) is 2.05. The van der Waals surface area contributed by atoms with Crippen molar-refractivity contribution in [3.63, 3.8) is 0 Å². The molecule has 0 atom stereocenters. The van der Waals surface area contributed by atoms with Crippen LogP contribution >= 0.6 is 0 Å². The van der Waals surface area contributed by atoms with Crippen molar-refractivity contribution >= 4 is 23.9 Å². The van der Waals surface area contributed by atoms with Crippen molar-refractivity contribution in [3.8, 4) is 0 Å². The van der Waals surface area contributed by atoms with Crippen LogP contribution in [0.3, 0.4) is 0 Å². The predicted molar refractivity (Wildman–Crippen MR) is 63.1 cm³/mol. The van der Waals surface area contributed by atoms with Gasteiger partial charge in [-0.15, -0.1) is 0 Å². The van der Waals surface area contributed by atoms with Crippen molar-refractivity contribution in [1.82, 2.24) is 0 Å². The zero-order valence-electron chi connectivity index (χ0n) is 10.3. The van der Waals surface area contributed by atoms with Gasteiger partial charge in [0.2, 0.25) is 0 Å². The van der Waals surface area contributed by atoms with Crippen LogP contribution in [-0.4, -0.2) is 44.3 Å². The lowest BCUT2D eigenvalue weighted by molar-refractivity contribution is -0.137. The maximum absolute atomic E-state index is 11.0. The molecule has 0 bridgehead atoms. The smallest absolute Gasteiger partial charge is 0.332 e. The monoisotopic (exact) mass is 284 g/mol. The van der Waals surface area contributed by atoms with Gasteiger partial charge in [0.15, 0.2) is 0 Å². The van der Waals surface area contributed by atoms with Gasteiger partial charge in [0, 0.05) is 22.3 Å². The molecule has 4 N–H and O–H groups in total. The maximum Gasteiger partial charge on any atom is 0.332 e. The quantitative estimate of drug-likeness (QED) is 0.582. The average Bonchev–Trinajstić information content (AvgIpc) is 2.26. The minimum atomic E-state index is -1.44. The number of carboxylic acids is 4. The molecule has 8 heteroatoms. The van der Waals surface area contributed by atoms with Crippen molar-refractivity contribution in [3.05, 3.63) is 22.3 Å². The predicted octanol–water partition coefficient (Wildman–Crippen LogP) is 0.492. The van der Waals surface area contributed by atoms with Gasteiger partial charge in [0.1, 0.15) is 0 Å². The Kier molecular flexibility index (Phi) is 4.63. The first-order valence-electron chi connectivity index (χ1n) is 5.63. The lowest BCUT2D eigenvalue weighted by atomic mass is 9.89. The number of carbonyl (C=O) groups is 4. The highest BCUT2D eigenvalue weighted by atomic mass is 16.4. The second kappa shape index (κ2) is 6.00. The number of hydrogen-bond acceptors (Lipinski definition) is 4. The summed E-state index contributed by atoms with van der Waals surface area (Å²) in [6.07, 6.45) is -1.35. The van der Waals surface area contributed by atoms with E-state index in [4.69, 9.17) is 20.4 Å². The third-order valence-corrected chi connectivity index (χ3v) is 3.01. The van der Waals surface area contributed by atoms with E-state index in [2.05, 4.69) is 0 Å². The molecular weight excluding hydrogens is 272 g/mol. The first-order chi connectivity index (χ1) is 9.25. The Hall–Kier alpha value is -2.64. The largest absolute Gasteiger partial charge is 0.478 e. The van der Waals surface area contributed by atoms with Crippen LogP contribution < -0.4 is 0 Å².